The molecule has 0 spiro atoms. The van der Waals surface area contributed by atoms with Crippen LogP contribution in [0.3, 0.4) is 0 Å². The fraction of sp³-hybridized carbons (Fsp3) is 0.300. The topological polar surface area (TPSA) is 117 Å². The fourth-order valence-electron chi connectivity index (χ4n) is 1.52. The van der Waals surface area contributed by atoms with Crippen LogP contribution in [0.4, 0.5) is 0 Å². The second-order valence-electron chi connectivity index (χ2n) is 4.93. The molecule has 0 saturated carbocycles. The highest BCUT2D eigenvalue weighted by Crippen LogP contribution is 2.05. The van der Waals surface area contributed by atoms with Crippen molar-refractivity contribution >= 4 is 11.8 Å². The van der Waals surface area contributed by atoms with E-state index in [-0.39, 0.29) is 11.8 Å². The van der Waals surface area contributed by atoms with E-state index in [9.17, 15) is 9.59 Å². The van der Waals surface area contributed by atoms with Crippen molar-refractivity contribution in [2.45, 2.75) is 27.2 Å². The molecule has 0 aromatic carbocycles. The van der Waals surface area contributed by atoms with Gasteiger partial charge in [-0.05, 0) is 38.1 Å². The third-order valence-corrected chi connectivity index (χ3v) is 2.86. The number of nitriles is 2. The number of pyridine rings is 2. The highest BCUT2D eigenvalue weighted by molar-refractivity contribution is 5.98. The van der Waals surface area contributed by atoms with Gasteiger partial charge in [0, 0.05) is 36.8 Å². The summed E-state index contributed by atoms with van der Waals surface area (Å²) in [6, 6.07) is 10.5. The molecule has 7 nitrogen and oxygen atoms in total. The number of aromatic nitrogens is 2. The molecule has 140 valence electrons. The van der Waals surface area contributed by atoms with Gasteiger partial charge in [0.15, 0.2) is 5.78 Å². The van der Waals surface area contributed by atoms with E-state index in [0.29, 0.717) is 24.2 Å². The van der Waals surface area contributed by atoms with Gasteiger partial charge in [-0.25, -0.2) is 4.79 Å². The van der Waals surface area contributed by atoms with Crippen LogP contribution < -0.4 is 0 Å². The van der Waals surface area contributed by atoms with E-state index in [0.717, 1.165) is 0 Å². The lowest BCUT2D eigenvalue weighted by Gasteiger charge is -1.99. The Balaban J connectivity index is 0.000000421. The minimum atomic E-state index is -0.589. The third-order valence-electron chi connectivity index (χ3n) is 2.86. The molecule has 0 aliphatic heterocycles. The summed E-state index contributed by atoms with van der Waals surface area (Å²) >= 11 is 0. The Morgan fingerprint density at radius 3 is 1.96 bits per heavy atom. The summed E-state index contributed by atoms with van der Waals surface area (Å²) in [5.41, 5.74) is 0.987. The molecule has 2 heterocycles. The predicted octanol–water partition coefficient (Wildman–Crippen LogP) is 3.60. The summed E-state index contributed by atoms with van der Waals surface area (Å²) in [7, 11) is 0. The Bertz CT molecular complexity index is 765. The lowest BCUT2D eigenvalue weighted by atomic mass is 10.0. The minimum absolute atomic E-state index is 0.175. The summed E-state index contributed by atoms with van der Waals surface area (Å²) in [5.74, 6) is -1.08. The molecule has 1 unspecified atom stereocenters. The van der Waals surface area contributed by atoms with Crippen molar-refractivity contribution < 1.29 is 14.3 Å². The third kappa shape index (κ3) is 10.1. The van der Waals surface area contributed by atoms with E-state index in [1.165, 1.54) is 12.4 Å². The van der Waals surface area contributed by atoms with Crippen molar-refractivity contribution in [2.75, 3.05) is 6.61 Å². The Kier molecular flexibility index (Phi) is 12.8. The van der Waals surface area contributed by atoms with Crippen molar-refractivity contribution in [3.8, 4) is 12.1 Å². The molecular weight excluding hydrogens is 344 g/mol. The number of Topliss-reactive ketones (excluding diaryl/α,β-unsaturated/α-hetero) is 1. The van der Waals surface area contributed by atoms with Crippen molar-refractivity contribution in [2.24, 2.45) is 5.92 Å². The molecular formula is C20H22N4O3. The van der Waals surface area contributed by atoms with E-state index < -0.39 is 5.92 Å². The Morgan fingerprint density at radius 2 is 1.59 bits per heavy atom. The summed E-state index contributed by atoms with van der Waals surface area (Å²) < 4.78 is 4.75. The molecule has 7 heteroatoms. The lowest BCUT2D eigenvalue weighted by Crippen LogP contribution is -2.08. The molecule has 0 aliphatic carbocycles. The molecule has 0 saturated heterocycles. The largest absolute Gasteiger partial charge is 0.462 e. The first-order valence-electron chi connectivity index (χ1n) is 8.29. The maximum absolute atomic E-state index is 11.3. The number of rotatable bonds is 4. The van der Waals surface area contributed by atoms with Gasteiger partial charge in [0.25, 0.3) is 0 Å². The first kappa shape index (κ1) is 23.4. The monoisotopic (exact) mass is 366 g/mol. The van der Waals surface area contributed by atoms with E-state index in [2.05, 4.69) is 9.97 Å². The molecule has 2 aromatic rings. The van der Waals surface area contributed by atoms with Crippen LogP contribution in [0.15, 0.2) is 49.1 Å². The number of hydrogen-bond donors (Lipinski definition) is 0. The highest BCUT2D eigenvalue weighted by Gasteiger charge is 2.13. The van der Waals surface area contributed by atoms with Crippen LogP contribution >= 0.6 is 0 Å². The smallest absolute Gasteiger partial charge is 0.339 e. The molecule has 0 fully saturated rings. The number of hydrogen-bond acceptors (Lipinski definition) is 7. The zero-order chi connectivity index (χ0) is 20.5. The number of esters is 1. The van der Waals surface area contributed by atoms with E-state index in [1.54, 1.807) is 50.5 Å². The second kappa shape index (κ2) is 14.7. The number of carbonyl (C=O) groups excluding carboxylic acids is 2. The van der Waals surface area contributed by atoms with Gasteiger partial charge in [-0.2, -0.15) is 10.5 Å². The van der Waals surface area contributed by atoms with Crippen molar-refractivity contribution in [3.05, 3.63) is 60.2 Å². The van der Waals surface area contributed by atoms with Crippen LogP contribution in [0, 0.1) is 28.6 Å². The maximum atomic E-state index is 11.3. The van der Waals surface area contributed by atoms with E-state index >= 15 is 0 Å². The van der Waals surface area contributed by atoms with Crippen LogP contribution in [0.25, 0.3) is 0 Å². The molecule has 0 radical (unpaired) electrons. The number of ketones is 1. The van der Waals surface area contributed by atoms with E-state index in [4.69, 9.17) is 15.3 Å². The van der Waals surface area contributed by atoms with Gasteiger partial charge in [0.2, 0.25) is 0 Å². The van der Waals surface area contributed by atoms with E-state index in [1.807, 2.05) is 19.1 Å². The normalized spacial score (nSPS) is 9.67. The molecule has 0 bridgehead atoms. The molecule has 27 heavy (non-hydrogen) atoms. The molecule has 2 aromatic heterocycles. The zero-order valence-corrected chi connectivity index (χ0v) is 15.6. The first-order valence-corrected chi connectivity index (χ1v) is 8.29. The highest BCUT2D eigenvalue weighted by atomic mass is 16.5. The first-order chi connectivity index (χ1) is 13.0. The summed E-state index contributed by atoms with van der Waals surface area (Å²) in [4.78, 5) is 29.9. The second-order valence-corrected chi connectivity index (χ2v) is 4.93. The van der Waals surface area contributed by atoms with Crippen LogP contribution in [0.5, 0.6) is 0 Å². The zero-order valence-electron chi connectivity index (χ0n) is 15.6. The van der Waals surface area contributed by atoms with Gasteiger partial charge < -0.3 is 4.74 Å². The van der Waals surface area contributed by atoms with Gasteiger partial charge >= 0.3 is 5.97 Å². The predicted molar refractivity (Wildman–Crippen MR) is 99.4 cm³/mol. The lowest BCUT2D eigenvalue weighted by molar-refractivity contribution is 0.0525. The van der Waals surface area contributed by atoms with Crippen LogP contribution in [0.1, 0.15) is 47.9 Å². The van der Waals surface area contributed by atoms with Crippen molar-refractivity contribution in [1.29, 1.82) is 10.5 Å². The Morgan fingerprint density at radius 1 is 1.07 bits per heavy atom. The molecule has 0 aliphatic rings. The Hall–Kier alpha value is -3.58. The Labute approximate surface area is 159 Å². The standard InChI is InChI=1S/C9H8N2O.C8H9NO2.C3H5N/c1-7(5-10)9(12)8-3-2-4-11-6-8;1-2-11-8(10)7-4-3-5-9-6-7;1-2-3-4/h2-4,6-7H,1H3;3-6H,2H2,1H3;2H2,1H3. The van der Waals surface area contributed by atoms with Gasteiger partial charge in [0.05, 0.1) is 24.3 Å². The molecule has 0 amide bonds. The maximum Gasteiger partial charge on any atom is 0.339 e. The summed E-state index contributed by atoms with van der Waals surface area (Å²) in [6.45, 7) is 5.57. The van der Waals surface area contributed by atoms with Gasteiger partial charge in [-0.1, -0.05) is 6.92 Å². The summed E-state index contributed by atoms with van der Waals surface area (Å²) in [5, 5.41) is 16.1. The van der Waals surface area contributed by atoms with Crippen LogP contribution in [0.2, 0.25) is 0 Å². The molecule has 2 rings (SSSR count). The fourth-order valence-corrected chi connectivity index (χ4v) is 1.52. The average Bonchev–Trinajstić information content (AvgIpc) is 2.74. The SMILES string of the molecule is CC(C#N)C(=O)c1cccnc1.CCC#N.CCOC(=O)c1cccnc1. The van der Waals surface area contributed by atoms with Crippen LogP contribution in [-0.4, -0.2) is 28.3 Å². The minimum Gasteiger partial charge on any atom is -0.462 e. The number of nitrogens with zero attached hydrogens (tertiary/aromatic N) is 4. The van der Waals surface area contributed by atoms with Crippen LogP contribution in [-0.2, 0) is 4.74 Å². The van der Waals surface area contributed by atoms with Gasteiger partial charge in [-0.15, -0.1) is 0 Å². The molecule has 0 N–H and O–H groups in total. The van der Waals surface area contributed by atoms with Crippen molar-refractivity contribution in [1.82, 2.24) is 9.97 Å². The average molecular weight is 366 g/mol. The number of ether oxygens (including phenoxy) is 1. The van der Waals surface area contributed by atoms with Gasteiger partial charge in [-0.3, -0.25) is 14.8 Å². The molecule has 1 atom stereocenters. The van der Waals surface area contributed by atoms with Gasteiger partial charge in [0.1, 0.15) is 5.92 Å². The summed E-state index contributed by atoms with van der Waals surface area (Å²) in [6.07, 6.45) is 6.78. The van der Waals surface area contributed by atoms with Crippen molar-refractivity contribution in [3.63, 3.8) is 0 Å². The quantitative estimate of drug-likeness (QED) is 0.599. The number of carbonyl (C=O) groups is 2.